The predicted octanol–water partition coefficient (Wildman–Crippen LogP) is 3.18. The van der Waals surface area contributed by atoms with Crippen LogP contribution in [0.3, 0.4) is 0 Å². The van der Waals surface area contributed by atoms with Crippen molar-refractivity contribution < 1.29 is 4.79 Å². The van der Waals surface area contributed by atoms with Gasteiger partial charge in [0.15, 0.2) is 0 Å². The van der Waals surface area contributed by atoms with Crippen LogP contribution in [0.5, 0.6) is 0 Å². The van der Waals surface area contributed by atoms with Gasteiger partial charge in [-0.15, -0.1) is 0 Å². The Hall–Kier alpha value is -0.740. The van der Waals surface area contributed by atoms with Gasteiger partial charge in [0, 0.05) is 41.8 Å². The van der Waals surface area contributed by atoms with E-state index in [1.165, 1.54) is 18.4 Å². The fourth-order valence-corrected chi connectivity index (χ4v) is 3.94. The normalized spacial score (nSPS) is 28.2. The van der Waals surface area contributed by atoms with Crippen molar-refractivity contribution in [2.75, 3.05) is 6.54 Å². The first-order valence-corrected chi connectivity index (χ1v) is 7.89. The number of Topliss-reactive ketones (excluding diaryl/α,β-unsaturated/α-hetero) is 1. The topological polar surface area (TPSA) is 33.2 Å². The zero-order valence-corrected chi connectivity index (χ0v) is 12.6. The largest absolute Gasteiger partial charge is 0.299 e. The summed E-state index contributed by atoms with van der Waals surface area (Å²) in [5.41, 5.74) is 1.23. The van der Waals surface area contributed by atoms with Crippen molar-refractivity contribution in [3.05, 3.63) is 28.5 Å². The fourth-order valence-electron chi connectivity index (χ4n) is 3.53. The van der Waals surface area contributed by atoms with E-state index in [0.717, 1.165) is 36.8 Å². The molecule has 2 fully saturated rings. The SMILES string of the molecule is O=C1CCCC1C1CCCN1Cc1cncc(Br)c1. The van der Waals surface area contributed by atoms with Crippen molar-refractivity contribution in [2.45, 2.75) is 44.7 Å². The minimum Gasteiger partial charge on any atom is -0.299 e. The van der Waals surface area contributed by atoms with Crippen LogP contribution >= 0.6 is 15.9 Å². The first-order chi connectivity index (χ1) is 9.24. The Morgan fingerprint density at radius 3 is 2.95 bits per heavy atom. The maximum atomic E-state index is 12.0. The third-order valence-corrected chi connectivity index (χ3v) is 4.81. The average Bonchev–Trinajstić information content (AvgIpc) is 2.98. The van der Waals surface area contributed by atoms with Crippen LogP contribution in [0.2, 0.25) is 0 Å². The first kappa shape index (κ1) is 13.3. The molecule has 0 aromatic carbocycles. The molecule has 102 valence electrons. The number of rotatable bonds is 3. The summed E-state index contributed by atoms with van der Waals surface area (Å²) in [7, 11) is 0. The molecule has 3 nitrogen and oxygen atoms in total. The molecule has 0 amide bonds. The summed E-state index contributed by atoms with van der Waals surface area (Å²) in [5, 5.41) is 0. The number of nitrogens with zero attached hydrogens (tertiary/aromatic N) is 2. The van der Waals surface area contributed by atoms with Gasteiger partial charge in [0.2, 0.25) is 0 Å². The van der Waals surface area contributed by atoms with E-state index in [9.17, 15) is 4.79 Å². The van der Waals surface area contributed by atoms with Crippen LogP contribution in [-0.2, 0) is 11.3 Å². The van der Waals surface area contributed by atoms with Crippen LogP contribution < -0.4 is 0 Å². The van der Waals surface area contributed by atoms with E-state index < -0.39 is 0 Å². The van der Waals surface area contributed by atoms with E-state index >= 15 is 0 Å². The molecule has 0 N–H and O–H groups in total. The first-order valence-electron chi connectivity index (χ1n) is 7.10. The molecule has 1 saturated carbocycles. The molecule has 0 bridgehead atoms. The lowest BCUT2D eigenvalue weighted by Gasteiger charge is -2.28. The number of carbonyl (C=O) groups is 1. The second-order valence-electron chi connectivity index (χ2n) is 5.66. The van der Waals surface area contributed by atoms with Gasteiger partial charge in [0.1, 0.15) is 5.78 Å². The molecule has 0 spiro atoms. The van der Waals surface area contributed by atoms with Gasteiger partial charge in [-0.25, -0.2) is 0 Å². The van der Waals surface area contributed by atoms with Crippen molar-refractivity contribution in [3.8, 4) is 0 Å². The molecule has 1 aliphatic carbocycles. The molecule has 3 rings (SSSR count). The molecule has 1 saturated heterocycles. The molecule has 2 unspecified atom stereocenters. The molecule has 2 atom stereocenters. The summed E-state index contributed by atoms with van der Waals surface area (Å²) in [5.74, 6) is 0.784. The van der Waals surface area contributed by atoms with E-state index in [-0.39, 0.29) is 0 Å². The van der Waals surface area contributed by atoms with Crippen molar-refractivity contribution in [1.29, 1.82) is 0 Å². The summed E-state index contributed by atoms with van der Waals surface area (Å²) in [6.07, 6.45) is 9.12. The molecule has 4 heteroatoms. The number of hydrogen-bond donors (Lipinski definition) is 0. The van der Waals surface area contributed by atoms with E-state index in [1.54, 1.807) is 0 Å². The highest BCUT2D eigenvalue weighted by Crippen LogP contribution is 2.34. The fraction of sp³-hybridized carbons (Fsp3) is 0.600. The van der Waals surface area contributed by atoms with Crippen LogP contribution in [-0.4, -0.2) is 28.3 Å². The van der Waals surface area contributed by atoms with Gasteiger partial charge in [-0.1, -0.05) is 0 Å². The van der Waals surface area contributed by atoms with Crippen LogP contribution in [0, 0.1) is 5.92 Å². The number of likely N-dealkylation sites (tertiary alicyclic amines) is 1. The number of ketones is 1. The van der Waals surface area contributed by atoms with Gasteiger partial charge in [-0.2, -0.15) is 0 Å². The summed E-state index contributed by atoms with van der Waals surface area (Å²) in [6, 6.07) is 2.59. The van der Waals surface area contributed by atoms with Crippen LogP contribution in [0.4, 0.5) is 0 Å². The van der Waals surface area contributed by atoms with E-state index in [0.29, 0.717) is 17.7 Å². The zero-order valence-electron chi connectivity index (χ0n) is 11.0. The Balaban J connectivity index is 1.71. The standard InChI is InChI=1S/C15H19BrN2O/c16-12-7-11(8-17-9-12)10-18-6-2-4-14(18)13-3-1-5-15(13)19/h7-9,13-14H,1-6,10H2. The summed E-state index contributed by atoms with van der Waals surface area (Å²) >= 11 is 3.47. The van der Waals surface area contributed by atoms with Gasteiger partial charge in [-0.3, -0.25) is 14.7 Å². The number of aromatic nitrogens is 1. The third kappa shape index (κ3) is 2.90. The second-order valence-corrected chi connectivity index (χ2v) is 6.57. The van der Waals surface area contributed by atoms with Gasteiger partial charge >= 0.3 is 0 Å². The van der Waals surface area contributed by atoms with E-state index in [4.69, 9.17) is 0 Å². The Labute approximate surface area is 122 Å². The number of halogens is 1. The second kappa shape index (κ2) is 5.71. The Bertz CT molecular complexity index is 477. The average molecular weight is 323 g/mol. The van der Waals surface area contributed by atoms with Crippen molar-refractivity contribution in [3.63, 3.8) is 0 Å². The van der Waals surface area contributed by atoms with Crippen LogP contribution in [0.15, 0.2) is 22.9 Å². The molecule has 1 aromatic heterocycles. The predicted molar refractivity (Wildman–Crippen MR) is 77.7 cm³/mol. The molecule has 2 aliphatic rings. The molecule has 2 heterocycles. The molecule has 1 aromatic rings. The highest BCUT2D eigenvalue weighted by molar-refractivity contribution is 9.10. The molecular formula is C15H19BrN2O. The number of carbonyl (C=O) groups excluding carboxylic acids is 1. The van der Waals surface area contributed by atoms with Crippen molar-refractivity contribution in [2.24, 2.45) is 5.92 Å². The third-order valence-electron chi connectivity index (χ3n) is 4.38. The molecule has 0 radical (unpaired) electrons. The van der Waals surface area contributed by atoms with Crippen LogP contribution in [0.25, 0.3) is 0 Å². The maximum absolute atomic E-state index is 12.0. The lowest BCUT2D eigenvalue weighted by molar-refractivity contribution is -0.122. The zero-order chi connectivity index (χ0) is 13.2. The van der Waals surface area contributed by atoms with Gasteiger partial charge in [0.25, 0.3) is 0 Å². The quantitative estimate of drug-likeness (QED) is 0.857. The van der Waals surface area contributed by atoms with Gasteiger partial charge in [0.05, 0.1) is 0 Å². The number of pyridine rings is 1. The minimum absolute atomic E-state index is 0.294. The van der Waals surface area contributed by atoms with Gasteiger partial charge in [-0.05, 0) is 59.8 Å². The van der Waals surface area contributed by atoms with E-state index in [1.807, 2.05) is 12.4 Å². The smallest absolute Gasteiger partial charge is 0.137 e. The highest BCUT2D eigenvalue weighted by atomic mass is 79.9. The summed E-state index contributed by atoms with van der Waals surface area (Å²) < 4.78 is 1.03. The minimum atomic E-state index is 0.294. The lowest BCUT2D eigenvalue weighted by atomic mass is 9.95. The summed E-state index contributed by atoms with van der Waals surface area (Å²) in [6.45, 7) is 2.03. The molecular weight excluding hydrogens is 304 g/mol. The lowest BCUT2D eigenvalue weighted by Crippen LogP contribution is -2.37. The van der Waals surface area contributed by atoms with Crippen molar-refractivity contribution in [1.82, 2.24) is 9.88 Å². The molecule has 19 heavy (non-hydrogen) atoms. The Morgan fingerprint density at radius 2 is 2.21 bits per heavy atom. The van der Waals surface area contributed by atoms with Crippen molar-refractivity contribution >= 4 is 21.7 Å². The summed E-state index contributed by atoms with van der Waals surface area (Å²) in [4.78, 5) is 18.7. The molecule has 1 aliphatic heterocycles. The maximum Gasteiger partial charge on any atom is 0.137 e. The van der Waals surface area contributed by atoms with E-state index in [2.05, 4.69) is 31.9 Å². The highest BCUT2D eigenvalue weighted by Gasteiger charge is 2.37. The Kier molecular flexibility index (Phi) is 3.99. The van der Waals surface area contributed by atoms with Crippen LogP contribution in [0.1, 0.15) is 37.7 Å². The van der Waals surface area contributed by atoms with Gasteiger partial charge < -0.3 is 0 Å². The monoisotopic (exact) mass is 322 g/mol. The Morgan fingerprint density at radius 1 is 1.32 bits per heavy atom. The number of hydrogen-bond acceptors (Lipinski definition) is 3.